The highest BCUT2D eigenvalue weighted by molar-refractivity contribution is 5.72. The van der Waals surface area contributed by atoms with Gasteiger partial charge in [-0.25, -0.2) is 4.98 Å². The first-order valence-electron chi connectivity index (χ1n) is 13.4. The SMILES string of the molecule is CCOC=O.Cc1cc(OCC2(C)COC2)cc(C)c1-c1cccc(COc2cc3c(cn2)CC(C)C3)c1. The number of aryl methyl sites for hydroxylation is 2. The van der Waals surface area contributed by atoms with Gasteiger partial charge in [-0.15, -0.1) is 0 Å². The minimum absolute atomic E-state index is 0.140. The maximum absolute atomic E-state index is 9.18. The molecule has 1 aromatic heterocycles. The fraction of sp³-hybridized carbons (Fsp3) is 0.438. The highest BCUT2D eigenvalue weighted by Crippen LogP contribution is 2.34. The van der Waals surface area contributed by atoms with E-state index in [9.17, 15) is 4.79 Å². The second kappa shape index (κ2) is 12.4. The van der Waals surface area contributed by atoms with Crippen LogP contribution in [0.4, 0.5) is 0 Å². The van der Waals surface area contributed by atoms with Crippen LogP contribution in [0.1, 0.15) is 48.6 Å². The Kier molecular flexibility index (Phi) is 9.05. The Morgan fingerprint density at radius 2 is 1.79 bits per heavy atom. The number of carbonyl (C=O) groups is 1. The number of rotatable bonds is 9. The van der Waals surface area contributed by atoms with Crippen molar-refractivity contribution in [3.05, 3.63) is 76.5 Å². The first-order chi connectivity index (χ1) is 18.3. The van der Waals surface area contributed by atoms with E-state index in [1.54, 1.807) is 6.92 Å². The first-order valence-corrected chi connectivity index (χ1v) is 13.4. The molecule has 2 aromatic carbocycles. The fourth-order valence-corrected chi connectivity index (χ4v) is 5.08. The second-order valence-corrected chi connectivity index (χ2v) is 10.9. The molecule has 0 radical (unpaired) electrons. The molecule has 202 valence electrons. The van der Waals surface area contributed by atoms with Crippen molar-refractivity contribution >= 4 is 6.47 Å². The molecule has 1 aliphatic heterocycles. The topological polar surface area (TPSA) is 66.9 Å². The molecule has 5 rings (SSSR count). The summed E-state index contributed by atoms with van der Waals surface area (Å²) >= 11 is 0. The third-order valence-corrected chi connectivity index (χ3v) is 7.03. The number of fused-ring (bicyclic) bond motifs is 1. The van der Waals surface area contributed by atoms with Crippen LogP contribution in [0, 0.1) is 25.2 Å². The number of hydrogen-bond acceptors (Lipinski definition) is 6. The third kappa shape index (κ3) is 6.93. The van der Waals surface area contributed by atoms with Crippen molar-refractivity contribution in [2.75, 3.05) is 26.4 Å². The summed E-state index contributed by atoms with van der Waals surface area (Å²) in [6.07, 6.45) is 4.23. The monoisotopic (exact) mass is 517 g/mol. The van der Waals surface area contributed by atoms with Gasteiger partial charge in [-0.3, -0.25) is 4.79 Å². The number of nitrogens with zero attached hydrogens (tertiary/aromatic N) is 1. The van der Waals surface area contributed by atoms with E-state index in [2.05, 4.69) is 79.9 Å². The van der Waals surface area contributed by atoms with Crippen molar-refractivity contribution in [2.24, 2.45) is 11.3 Å². The molecule has 1 unspecified atom stereocenters. The van der Waals surface area contributed by atoms with E-state index in [1.165, 1.54) is 33.4 Å². The van der Waals surface area contributed by atoms with Crippen molar-refractivity contribution in [1.29, 1.82) is 0 Å². The normalized spacial score (nSPS) is 16.9. The summed E-state index contributed by atoms with van der Waals surface area (Å²) in [5, 5.41) is 0. The largest absolute Gasteiger partial charge is 0.493 e. The Morgan fingerprint density at radius 1 is 1.05 bits per heavy atom. The molecule has 1 aliphatic carbocycles. The average molecular weight is 518 g/mol. The lowest BCUT2D eigenvalue weighted by Gasteiger charge is -2.37. The number of pyridine rings is 1. The molecule has 38 heavy (non-hydrogen) atoms. The summed E-state index contributed by atoms with van der Waals surface area (Å²) in [6.45, 7) is 14.2. The Balaban J connectivity index is 0.000000617. The molecular weight excluding hydrogens is 478 g/mol. The molecule has 2 aliphatic rings. The van der Waals surface area contributed by atoms with Crippen molar-refractivity contribution in [3.8, 4) is 22.8 Å². The van der Waals surface area contributed by atoms with Crippen LogP contribution in [0.5, 0.6) is 11.6 Å². The van der Waals surface area contributed by atoms with E-state index in [0.29, 0.717) is 38.1 Å². The molecule has 3 aromatic rings. The van der Waals surface area contributed by atoms with Crippen LogP contribution in [0.15, 0.2) is 48.7 Å². The van der Waals surface area contributed by atoms with E-state index < -0.39 is 0 Å². The predicted octanol–water partition coefficient (Wildman–Crippen LogP) is 6.27. The fourth-order valence-electron chi connectivity index (χ4n) is 5.08. The Labute approximate surface area is 226 Å². The van der Waals surface area contributed by atoms with Crippen molar-refractivity contribution in [3.63, 3.8) is 0 Å². The molecule has 0 N–H and O–H groups in total. The van der Waals surface area contributed by atoms with Gasteiger partial charge in [0.05, 0.1) is 26.4 Å². The van der Waals surface area contributed by atoms with Gasteiger partial charge in [0.1, 0.15) is 12.4 Å². The Hall–Kier alpha value is -3.38. The smallest absolute Gasteiger partial charge is 0.293 e. The van der Waals surface area contributed by atoms with Crippen LogP contribution in [0.25, 0.3) is 11.1 Å². The molecule has 0 amide bonds. The molecule has 0 bridgehead atoms. The van der Waals surface area contributed by atoms with E-state index >= 15 is 0 Å². The minimum atomic E-state index is 0.140. The quantitative estimate of drug-likeness (QED) is 0.312. The maximum atomic E-state index is 9.18. The van der Waals surface area contributed by atoms with E-state index in [0.717, 1.165) is 37.4 Å². The van der Waals surface area contributed by atoms with E-state index in [-0.39, 0.29) is 5.41 Å². The summed E-state index contributed by atoms with van der Waals surface area (Å²) < 4.78 is 21.7. The predicted molar refractivity (Wildman–Crippen MR) is 149 cm³/mol. The molecule has 1 fully saturated rings. The molecule has 0 saturated carbocycles. The Bertz CT molecular complexity index is 1230. The standard InChI is InChI=1S/C29H33NO3.C3H6O2/c1-19-8-24-13-27(30-14-25(24)9-19)32-15-22-6-5-7-23(12-22)28-20(2)10-26(11-21(28)3)33-18-29(4)16-31-17-29;1-2-5-3-4/h5-7,10-14,19H,8-9,15-18H2,1-4H3;3H,2H2,1H3. The lowest BCUT2D eigenvalue weighted by molar-refractivity contribution is -0.128. The van der Waals surface area contributed by atoms with Crippen molar-refractivity contribution < 1.29 is 23.7 Å². The zero-order valence-electron chi connectivity index (χ0n) is 23.2. The van der Waals surface area contributed by atoms with Gasteiger partial charge in [-0.2, -0.15) is 0 Å². The summed E-state index contributed by atoms with van der Waals surface area (Å²) in [6, 6.07) is 15.0. The highest BCUT2D eigenvalue weighted by atomic mass is 16.5. The minimum Gasteiger partial charge on any atom is -0.493 e. The molecule has 6 nitrogen and oxygen atoms in total. The molecule has 2 heterocycles. The van der Waals surface area contributed by atoms with Crippen LogP contribution in [-0.4, -0.2) is 37.9 Å². The summed E-state index contributed by atoms with van der Waals surface area (Å²) in [7, 11) is 0. The molecular formula is C32H39NO5. The average Bonchev–Trinajstić information content (AvgIpc) is 3.25. The molecule has 1 saturated heterocycles. The van der Waals surface area contributed by atoms with Crippen LogP contribution in [0.2, 0.25) is 0 Å². The van der Waals surface area contributed by atoms with Gasteiger partial charge < -0.3 is 18.9 Å². The van der Waals surface area contributed by atoms with Crippen LogP contribution in [0.3, 0.4) is 0 Å². The Morgan fingerprint density at radius 3 is 2.42 bits per heavy atom. The van der Waals surface area contributed by atoms with E-state index in [4.69, 9.17) is 14.2 Å². The number of benzene rings is 2. The highest BCUT2D eigenvalue weighted by Gasteiger charge is 2.34. The number of ether oxygens (including phenoxy) is 4. The number of aromatic nitrogens is 1. The van der Waals surface area contributed by atoms with Crippen LogP contribution in [-0.2, 0) is 33.7 Å². The van der Waals surface area contributed by atoms with Crippen LogP contribution >= 0.6 is 0 Å². The molecule has 6 heteroatoms. The zero-order valence-corrected chi connectivity index (χ0v) is 23.2. The molecule has 0 spiro atoms. The van der Waals surface area contributed by atoms with Gasteiger partial charge in [0.25, 0.3) is 6.47 Å². The lowest BCUT2D eigenvalue weighted by Crippen LogP contribution is -2.44. The lowest BCUT2D eigenvalue weighted by atomic mass is 9.90. The van der Waals surface area contributed by atoms with Gasteiger partial charge in [0.2, 0.25) is 5.88 Å². The van der Waals surface area contributed by atoms with Gasteiger partial charge in [0.15, 0.2) is 0 Å². The number of carbonyl (C=O) groups excluding carboxylic acids is 1. The van der Waals surface area contributed by atoms with Gasteiger partial charge in [0, 0.05) is 17.7 Å². The van der Waals surface area contributed by atoms with Gasteiger partial charge in [-0.1, -0.05) is 32.0 Å². The van der Waals surface area contributed by atoms with Crippen molar-refractivity contribution in [1.82, 2.24) is 4.98 Å². The van der Waals surface area contributed by atoms with Gasteiger partial charge in [-0.05, 0) is 96.7 Å². The summed E-state index contributed by atoms with van der Waals surface area (Å²) in [4.78, 5) is 13.7. The summed E-state index contributed by atoms with van der Waals surface area (Å²) in [5.74, 6) is 2.35. The number of hydrogen-bond donors (Lipinski definition) is 0. The third-order valence-electron chi connectivity index (χ3n) is 7.03. The second-order valence-electron chi connectivity index (χ2n) is 10.9. The van der Waals surface area contributed by atoms with E-state index in [1.807, 2.05) is 6.20 Å². The molecule has 1 atom stereocenters. The van der Waals surface area contributed by atoms with Crippen LogP contribution < -0.4 is 9.47 Å². The first kappa shape index (κ1) is 27.6. The zero-order chi connectivity index (χ0) is 27.1. The van der Waals surface area contributed by atoms with Gasteiger partial charge >= 0.3 is 0 Å². The van der Waals surface area contributed by atoms with Crippen molar-refractivity contribution in [2.45, 2.75) is 54.1 Å². The maximum Gasteiger partial charge on any atom is 0.293 e. The summed E-state index contributed by atoms with van der Waals surface area (Å²) in [5.41, 5.74) is 8.92.